The zero-order chi connectivity index (χ0) is 12.5. The molecule has 3 nitrogen and oxygen atoms in total. The van der Waals surface area contributed by atoms with E-state index in [0.29, 0.717) is 18.9 Å². The molecule has 0 aliphatic carbocycles. The molecule has 0 amide bonds. The largest absolute Gasteiger partial charge is 0.381 e. The number of aryl methyl sites for hydroxylation is 1. The lowest BCUT2D eigenvalue weighted by atomic mass is 9.98. The van der Waals surface area contributed by atoms with Gasteiger partial charge in [-0.25, -0.2) is 4.98 Å². The summed E-state index contributed by atoms with van der Waals surface area (Å²) in [6, 6.07) is 9.81. The minimum absolute atomic E-state index is 0.0157. The summed E-state index contributed by atoms with van der Waals surface area (Å²) >= 11 is 0. The summed E-state index contributed by atoms with van der Waals surface area (Å²) in [5.74, 6) is 0.0967. The summed E-state index contributed by atoms with van der Waals surface area (Å²) in [5.41, 5.74) is 2.56. The molecule has 0 radical (unpaired) electrons. The number of benzene rings is 1. The van der Waals surface area contributed by atoms with Crippen LogP contribution in [0.5, 0.6) is 0 Å². The number of para-hydroxylation sites is 1. The zero-order valence-electron chi connectivity index (χ0n) is 10.3. The standard InChI is InChI=1S/C15H15NO2/c1-10-8-14(15(17)11-6-7-18-9-11)16-13-5-3-2-4-12(10)13/h2-5,8,11H,6-7,9H2,1H3. The molecule has 0 bridgehead atoms. The molecule has 0 spiro atoms. The number of ketones is 1. The molecular weight excluding hydrogens is 226 g/mol. The predicted molar refractivity (Wildman–Crippen MR) is 69.7 cm³/mol. The molecule has 2 aromatic rings. The number of nitrogens with zero attached hydrogens (tertiary/aromatic N) is 1. The van der Waals surface area contributed by atoms with Crippen LogP contribution in [0, 0.1) is 12.8 Å². The average molecular weight is 241 g/mol. The van der Waals surface area contributed by atoms with E-state index in [1.54, 1.807) is 0 Å². The Balaban J connectivity index is 2.04. The Labute approximate surface area is 106 Å². The van der Waals surface area contributed by atoms with Crippen molar-refractivity contribution >= 4 is 16.7 Å². The second kappa shape index (κ2) is 4.50. The minimum Gasteiger partial charge on any atom is -0.381 e. The molecule has 2 heterocycles. The zero-order valence-corrected chi connectivity index (χ0v) is 10.3. The van der Waals surface area contributed by atoms with Gasteiger partial charge in [-0.15, -0.1) is 0 Å². The van der Waals surface area contributed by atoms with E-state index in [2.05, 4.69) is 4.98 Å². The highest BCUT2D eigenvalue weighted by Crippen LogP contribution is 2.22. The van der Waals surface area contributed by atoms with Gasteiger partial charge in [0.25, 0.3) is 0 Å². The lowest BCUT2D eigenvalue weighted by molar-refractivity contribution is 0.0895. The van der Waals surface area contributed by atoms with Crippen molar-refractivity contribution in [3.8, 4) is 0 Å². The van der Waals surface area contributed by atoms with Crippen molar-refractivity contribution in [3.63, 3.8) is 0 Å². The first-order valence-electron chi connectivity index (χ1n) is 6.24. The molecule has 1 atom stereocenters. The molecule has 0 saturated carbocycles. The fourth-order valence-corrected chi connectivity index (χ4v) is 2.43. The average Bonchev–Trinajstić information content (AvgIpc) is 2.91. The van der Waals surface area contributed by atoms with Crippen molar-refractivity contribution in [2.45, 2.75) is 13.3 Å². The van der Waals surface area contributed by atoms with E-state index < -0.39 is 0 Å². The number of hydrogen-bond acceptors (Lipinski definition) is 3. The van der Waals surface area contributed by atoms with E-state index >= 15 is 0 Å². The highest BCUT2D eigenvalue weighted by atomic mass is 16.5. The molecule has 1 aromatic carbocycles. The Hall–Kier alpha value is -1.74. The van der Waals surface area contributed by atoms with E-state index in [4.69, 9.17) is 4.74 Å². The number of Topliss-reactive ketones (excluding diaryl/α,β-unsaturated/α-hetero) is 1. The van der Waals surface area contributed by atoms with Crippen LogP contribution in [0.25, 0.3) is 10.9 Å². The SMILES string of the molecule is Cc1cc(C(=O)C2CCOC2)nc2ccccc12. The normalized spacial score (nSPS) is 19.3. The lowest BCUT2D eigenvalue weighted by Crippen LogP contribution is -2.16. The molecule has 92 valence electrons. The number of carbonyl (C=O) groups is 1. The number of rotatable bonds is 2. The van der Waals surface area contributed by atoms with Gasteiger partial charge in [-0.3, -0.25) is 4.79 Å². The molecule has 1 aromatic heterocycles. The van der Waals surface area contributed by atoms with Crippen LogP contribution in [0.4, 0.5) is 0 Å². The highest BCUT2D eigenvalue weighted by Gasteiger charge is 2.25. The first kappa shape index (κ1) is 11.4. The Bertz CT molecular complexity index is 600. The maximum atomic E-state index is 12.3. The van der Waals surface area contributed by atoms with Gasteiger partial charge in [0, 0.05) is 17.9 Å². The van der Waals surface area contributed by atoms with Gasteiger partial charge in [0.1, 0.15) is 5.69 Å². The van der Waals surface area contributed by atoms with Crippen LogP contribution in [-0.2, 0) is 4.74 Å². The molecule has 1 aliphatic heterocycles. The van der Waals surface area contributed by atoms with E-state index in [1.807, 2.05) is 37.3 Å². The number of hydrogen-bond donors (Lipinski definition) is 0. The van der Waals surface area contributed by atoms with Crippen LogP contribution < -0.4 is 0 Å². The van der Waals surface area contributed by atoms with Gasteiger partial charge in [0.05, 0.1) is 12.1 Å². The first-order chi connectivity index (χ1) is 8.75. The Morgan fingerprint density at radius 2 is 2.22 bits per heavy atom. The minimum atomic E-state index is -0.0157. The van der Waals surface area contributed by atoms with Gasteiger partial charge in [-0.1, -0.05) is 18.2 Å². The molecule has 3 rings (SSSR count). The molecule has 1 fully saturated rings. The maximum absolute atomic E-state index is 12.3. The number of aromatic nitrogens is 1. The van der Waals surface area contributed by atoms with Crippen LogP contribution >= 0.6 is 0 Å². The highest BCUT2D eigenvalue weighted by molar-refractivity contribution is 5.99. The van der Waals surface area contributed by atoms with Crippen molar-refractivity contribution in [1.29, 1.82) is 0 Å². The summed E-state index contributed by atoms with van der Waals surface area (Å²) in [6.07, 6.45) is 0.812. The van der Waals surface area contributed by atoms with Gasteiger partial charge in [-0.05, 0) is 31.0 Å². The fraction of sp³-hybridized carbons (Fsp3) is 0.333. The number of ether oxygens (including phenoxy) is 1. The van der Waals surface area contributed by atoms with Crippen LogP contribution in [0.2, 0.25) is 0 Å². The molecule has 1 saturated heterocycles. The van der Waals surface area contributed by atoms with Gasteiger partial charge in [0.2, 0.25) is 0 Å². The Kier molecular flexibility index (Phi) is 2.84. The topological polar surface area (TPSA) is 39.2 Å². The maximum Gasteiger partial charge on any atom is 0.186 e. The molecule has 3 heteroatoms. The quantitative estimate of drug-likeness (QED) is 0.759. The van der Waals surface area contributed by atoms with Crippen LogP contribution in [-0.4, -0.2) is 24.0 Å². The van der Waals surface area contributed by atoms with Gasteiger partial charge in [-0.2, -0.15) is 0 Å². The van der Waals surface area contributed by atoms with Crippen LogP contribution in [0.1, 0.15) is 22.5 Å². The molecule has 1 aliphatic rings. The van der Waals surface area contributed by atoms with Crippen molar-refractivity contribution in [2.75, 3.05) is 13.2 Å². The molecule has 0 N–H and O–H groups in total. The van der Waals surface area contributed by atoms with E-state index in [-0.39, 0.29) is 11.7 Å². The second-order valence-electron chi connectivity index (χ2n) is 4.77. The second-order valence-corrected chi connectivity index (χ2v) is 4.77. The Morgan fingerprint density at radius 1 is 1.39 bits per heavy atom. The number of pyridine rings is 1. The first-order valence-corrected chi connectivity index (χ1v) is 6.24. The van der Waals surface area contributed by atoms with Crippen molar-refractivity contribution in [2.24, 2.45) is 5.92 Å². The van der Waals surface area contributed by atoms with Gasteiger partial charge >= 0.3 is 0 Å². The third-order valence-electron chi connectivity index (χ3n) is 3.48. The number of fused-ring (bicyclic) bond motifs is 1. The van der Waals surface area contributed by atoms with Gasteiger partial charge in [0.15, 0.2) is 5.78 Å². The number of carbonyl (C=O) groups excluding carboxylic acids is 1. The van der Waals surface area contributed by atoms with Crippen LogP contribution in [0.15, 0.2) is 30.3 Å². The fourth-order valence-electron chi connectivity index (χ4n) is 2.43. The van der Waals surface area contributed by atoms with Gasteiger partial charge < -0.3 is 4.74 Å². The van der Waals surface area contributed by atoms with Crippen LogP contribution in [0.3, 0.4) is 0 Å². The summed E-state index contributed by atoms with van der Waals surface area (Å²) < 4.78 is 5.27. The summed E-state index contributed by atoms with van der Waals surface area (Å²) in [4.78, 5) is 16.8. The molecular formula is C15H15NO2. The molecule has 18 heavy (non-hydrogen) atoms. The summed E-state index contributed by atoms with van der Waals surface area (Å²) in [6.45, 7) is 3.24. The smallest absolute Gasteiger partial charge is 0.186 e. The van der Waals surface area contributed by atoms with Crippen molar-refractivity contribution in [1.82, 2.24) is 4.98 Å². The van der Waals surface area contributed by atoms with E-state index in [9.17, 15) is 4.79 Å². The third-order valence-corrected chi connectivity index (χ3v) is 3.48. The predicted octanol–water partition coefficient (Wildman–Crippen LogP) is 2.76. The van der Waals surface area contributed by atoms with E-state index in [0.717, 1.165) is 22.9 Å². The molecule has 1 unspecified atom stereocenters. The van der Waals surface area contributed by atoms with Crippen molar-refractivity contribution in [3.05, 3.63) is 41.6 Å². The Morgan fingerprint density at radius 3 is 3.00 bits per heavy atom. The third kappa shape index (κ3) is 1.91. The summed E-state index contributed by atoms with van der Waals surface area (Å²) in [7, 11) is 0. The van der Waals surface area contributed by atoms with Crippen molar-refractivity contribution < 1.29 is 9.53 Å². The van der Waals surface area contributed by atoms with E-state index in [1.165, 1.54) is 0 Å². The lowest BCUT2D eigenvalue weighted by Gasteiger charge is -2.08. The summed E-state index contributed by atoms with van der Waals surface area (Å²) in [5, 5.41) is 1.11. The monoisotopic (exact) mass is 241 g/mol.